The zero-order valence-electron chi connectivity index (χ0n) is 17.3. The molecule has 0 bridgehead atoms. The van der Waals surface area contributed by atoms with Crippen LogP contribution < -0.4 is 9.47 Å². The van der Waals surface area contributed by atoms with E-state index in [1.165, 1.54) is 7.11 Å². The molecule has 0 radical (unpaired) electrons. The van der Waals surface area contributed by atoms with Crippen LogP contribution in [0.1, 0.15) is 49.7 Å². The molecule has 2 aromatic heterocycles. The summed E-state index contributed by atoms with van der Waals surface area (Å²) in [5.41, 5.74) is 1.42. The molecule has 1 aliphatic heterocycles. The molecule has 1 fully saturated rings. The Morgan fingerprint density at radius 2 is 1.93 bits per heavy atom. The monoisotopic (exact) mass is 387 g/mol. The predicted molar refractivity (Wildman–Crippen MR) is 105 cm³/mol. The lowest BCUT2D eigenvalue weighted by atomic mass is 9.92. The summed E-state index contributed by atoms with van der Waals surface area (Å²) in [7, 11) is 3.30. The molecule has 0 spiro atoms. The SMILES string of the molecule is COc1nn(C)cc1C(=O)N1CCC(COc2ccc(C(C)(C)C)nn2)CC1. The lowest BCUT2D eigenvalue weighted by Crippen LogP contribution is -2.39. The summed E-state index contributed by atoms with van der Waals surface area (Å²) in [6.45, 7) is 8.29. The first-order chi connectivity index (χ1) is 13.3. The minimum atomic E-state index is -0.0343. The first kappa shape index (κ1) is 20.1. The maximum Gasteiger partial charge on any atom is 0.260 e. The van der Waals surface area contributed by atoms with Crippen LogP contribution >= 0.6 is 0 Å². The molecule has 1 saturated heterocycles. The highest BCUT2D eigenvalue weighted by atomic mass is 16.5. The van der Waals surface area contributed by atoms with Crippen LogP contribution in [0.25, 0.3) is 0 Å². The standard InChI is InChI=1S/C20H29N5O3/c1-20(2,3)16-6-7-17(22-21-16)28-13-14-8-10-25(11-9-14)19(26)15-12-24(4)23-18(15)27-5/h6-7,12,14H,8-11,13H2,1-5H3. The van der Waals surface area contributed by atoms with Gasteiger partial charge in [-0.1, -0.05) is 20.8 Å². The van der Waals surface area contributed by atoms with Crippen molar-refractivity contribution in [2.45, 2.75) is 39.0 Å². The molecule has 3 rings (SSSR count). The number of rotatable bonds is 5. The number of aromatic nitrogens is 4. The van der Waals surface area contributed by atoms with Crippen LogP contribution in [-0.2, 0) is 12.5 Å². The predicted octanol–water partition coefficient (Wildman–Crippen LogP) is 2.45. The van der Waals surface area contributed by atoms with Crippen LogP contribution in [-0.4, -0.2) is 57.6 Å². The number of methoxy groups -OCH3 is 1. The van der Waals surface area contributed by atoms with Crippen LogP contribution in [0, 0.1) is 5.92 Å². The molecule has 0 unspecified atom stereocenters. The van der Waals surface area contributed by atoms with Gasteiger partial charge in [-0.05, 0) is 24.8 Å². The zero-order valence-corrected chi connectivity index (χ0v) is 17.3. The molecule has 28 heavy (non-hydrogen) atoms. The topological polar surface area (TPSA) is 82.4 Å². The summed E-state index contributed by atoms with van der Waals surface area (Å²) >= 11 is 0. The van der Waals surface area contributed by atoms with Crippen molar-refractivity contribution in [1.29, 1.82) is 0 Å². The number of carbonyl (C=O) groups excluding carboxylic acids is 1. The maximum atomic E-state index is 12.7. The van der Waals surface area contributed by atoms with E-state index in [0.717, 1.165) is 18.5 Å². The number of piperidine rings is 1. The van der Waals surface area contributed by atoms with Gasteiger partial charge < -0.3 is 14.4 Å². The number of aryl methyl sites for hydroxylation is 1. The van der Waals surface area contributed by atoms with Gasteiger partial charge in [0.05, 0.1) is 19.4 Å². The third kappa shape index (κ3) is 4.61. The molecular weight excluding hydrogens is 358 g/mol. The first-order valence-corrected chi connectivity index (χ1v) is 9.62. The normalized spacial score (nSPS) is 15.5. The maximum absolute atomic E-state index is 12.7. The third-order valence-corrected chi connectivity index (χ3v) is 5.00. The van der Waals surface area contributed by atoms with Crippen molar-refractivity contribution in [3.8, 4) is 11.8 Å². The number of hydrogen-bond acceptors (Lipinski definition) is 6. The Kier molecular flexibility index (Phi) is 5.86. The molecule has 2 aromatic rings. The lowest BCUT2D eigenvalue weighted by molar-refractivity contribution is 0.0655. The summed E-state index contributed by atoms with van der Waals surface area (Å²) < 4.78 is 12.6. The van der Waals surface area contributed by atoms with Gasteiger partial charge >= 0.3 is 0 Å². The summed E-state index contributed by atoms with van der Waals surface area (Å²) in [5.74, 6) is 1.28. The van der Waals surface area contributed by atoms with Gasteiger partial charge in [-0.3, -0.25) is 9.48 Å². The van der Waals surface area contributed by atoms with Gasteiger partial charge in [-0.25, -0.2) is 0 Å². The largest absolute Gasteiger partial charge is 0.479 e. The molecule has 1 amide bonds. The second-order valence-electron chi connectivity index (χ2n) is 8.28. The van der Waals surface area contributed by atoms with Crippen LogP contribution in [0.2, 0.25) is 0 Å². The molecular formula is C20H29N5O3. The molecule has 0 N–H and O–H groups in total. The van der Waals surface area contributed by atoms with E-state index >= 15 is 0 Å². The van der Waals surface area contributed by atoms with Crippen LogP contribution in [0.5, 0.6) is 11.8 Å². The van der Waals surface area contributed by atoms with Crippen molar-refractivity contribution in [2.75, 3.05) is 26.8 Å². The first-order valence-electron chi connectivity index (χ1n) is 9.62. The van der Waals surface area contributed by atoms with E-state index in [1.54, 1.807) is 17.9 Å². The van der Waals surface area contributed by atoms with E-state index < -0.39 is 0 Å². The fourth-order valence-electron chi connectivity index (χ4n) is 3.24. The van der Waals surface area contributed by atoms with Gasteiger partial charge in [0.15, 0.2) is 0 Å². The van der Waals surface area contributed by atoms with Crippen molar-refractivity contribution in [3.05, 3.63) is 29.6 Å². The number of likely N-dealkylation sites (tertiary alicyclic amines) is 1. The molecule has 8 heteroatoms. The van der Waals surface area contributed by atoms with Crippen LogP contribution in [0.3, 0.4) is 0 Å². The summed E-state index contributed by atoms with van der Waals surface area (Å²) in [4.78, 5) is 14.6. The molecule has 3 heterocycles. The summed E-state index contributed by atoms with van der Waals surface area (Å²) in [6.07, 6.45) is 3.49. The highest BCUT2D eigenvalue weighted by Gasteiger charge is 2.27. The average molecular weight is 387 g/mol. The van der Waals surface area contributed by atoms with Crippen molar-refractivity contribution in [3.63, 3.8) is 0 Å². The number of hydrogen-bond donors (Lipinski definition) is 0. The Morgan fingerprint density at radius 1 is 1.21 bits per heavy atom. The molecule has 1 aliphatic rings. The van der Waals surface area contributed by atoms with Gasteiger partial charge in [0.1, 0.15) is 5.56 Å². The number of ether oxygens (including phenoxy) is 2. The second kappa shape index (κ2) is 8.16. The highest BCUT2D eigenvalue weighted by molar-refractivity contribution is 5.96. The Hall–Kier alpha value is -2.64. The second-order valence-corrected chi connectivity index (χ2v) is 8.28. The Morgan fingerprint density at radius 3 is 2.50 bits per heavy atom. The average Bonchev–Trinajstić information content (AvgIpc) is 3.06. The molecule has 8 nitrogen and oxygen atoms in total. The third-order valence-electron chi connectivity index (χ3n) is 5.00. The summed E-state index contributed by atoms with van der Waals surface area (Å²) in [5, 5.41) is 12.6. The van der Waals surface area contributed by atoms with Gasteiger partial charge in [0.25, 0.3) is 5.91 Å². The van der Waals surface area contributed by atoms with Crippen molar-refractivity contribution < 1.29 is 14.3 Å². The zero-order chi connectivity index (χ0) is 20.3. The number of amides is 1. The Balaban J connectivity index is 1.49. The smallest absolute Gasteiger partial charge is 0.260 e. The number of carbonyl (C=O) groups is 1. The van der Waals surface area contributed by atoms with E-state index in [4.69, 9.17) is 9.47 Å². The molecule has 0 saturated carbocycles. The quantitative estimate of drug-likeness (QED) is 0.784. The van der Waals surface area contributed by atoms with E-state index in [2.05, 4.69) is 36.1 Å². The Bertz CT molecular complexity index is 802. The highest BCUT2D eigenvalue weighted by Crippen LogP contribution is 2.24. The Labute approximate surface area is 165 Å². The van der Waals surface area contributed by atoms with E-state index in [9.17, 15) is 4.79 Å². The fourth-order valence-corrected chi connectivity index (χ4v) is 3.24. The van der Waals surface area contributed by atoms with Gasteiger partial charge in [-0.15, -0.1) is 10.2 Å². The molecule has 152 valence electrons. The van der Waals surface area contributed by atoms with Crippen LogP contribution in [0.4, 0.5) is 0 Å². The van der Waals surface area contributed by atoms with Crippen molar-refractivity contribution in [2.24, 2.45) is 13.0 Å². The van der Waals surface area contributed by atoms with Crippen molar-refractivity contribution in [1.82, 2.24) is 24.9 Å². The minimum Gasteiger partial charge on any atom is -0.479 e. The fraction of sp³-hybridized carbons (Fsp3) is 0.600. The van der Waals surface area contributed by atoms with Crippen LogP contribution in [0.15, 0.2) is 18.3 Å². The minimum absolute atomic E-state index is 0.0259. The summed E-state index contributed by atoms with van der Waals surface area (Å²) in [6, 6.07) is 3.84. The molecule has 0 atom stereocenters. The van der Waals surface area contributed by atoms with E-state index in [1.807, 2.05) is 17.0 Å². The van der Waals surface area contributed by atoms with E-state index in [-0.39, 0.29) is 11.3 Å². The van der Waals surface area contributed by atoms with E-state index in [0.29, 0.717) is 42.9 Å². The molecule has 0 aliphatic carbocycles. The van der Waals surface area contributed by atoms with Gasteiger partial charge in [0.2, 0.25) is 11.8 Å². The lowest BCUT2D eigenvalue weighted by Gasteiger charge is -2.31. The van der Waals surface area contributed by atoms with Gasteiger partial charge in [-0.2, -0.15) is 5.10 Å². The molecule has 0 aromatic carbocycles. The van der Waals surface area contributed by atoms with Gasteiger partial charge in [0, 0.05) is 37.8 Å². The number of nitrogens with zero attached hydrogens (tertiary/aromatic N) is 5. The van der Waals surface area contributed by atoms with Crippen molar-refractivity contribution >= 4 is 5.91 Å².